The highest BCUT2D eigenvalue weighted by Gasteiger charge is 2.26. The Bertz CT molecular complexity index is 759. The number of rotatable bonds is 2. The van der Waals surface area contributed by atoms with Gasteiger partial charge in [-0.15, -0.1) is 11.3 Å². The van der Waals surface area contributed by atoms with E-state index in [1.165, 1.54) is 17.0 Å². The van der Waals surface area contributed by atoms with Gasteiger partial charge in [0.1, 0.15) is 5.75 Å². The number of phenols is 1. The van der Waals surface area contributed by atoms with Crippen molar-refractivity contribution in [3.63, 3.8) is 0 Å². The Balaban J connectivity index is 1.63. The summed E-state index contributed by atoms with van der Waals surface area (Å²) in [7, 11) is 0. The van der Waals surface area contributed by atoms with E-state index in [-0.39, 0.29) is 17.6 Å². The zero-order chi connectivity index (χ0) is 17.3. The first-order valence-corrected chi connectivity index (χ1v) is 8.77. The Morgan fingerprint density at radius 3 is 2.00 bits per heavy atom. The number of phenolic OH excluding ortho intramolecular Hbond substituents is 1. The Hall–Kier alpha value is -2.34. The minimum Gasteiger partial charge on any atom is -0.508 e. The van der Waals surface area contributed by atoms with Crippen LogP contribution in [0.25, 0.3) is 0 Å². The standard InChI is InChI=1S/C18H20N2O3S/c1-12-13(2)24-11-16(12)18(23)20-9-7-19(8-10-20)17(22)14-3-5-15(21)6-4-14/h3-6,11,21H,7-10H2,1-2H3. The van der Waals surface area contributed by atoms with Gasteiger partial charge in [0, 0.05) is 42.0 Å². The van der Waals surface area contributed by atoms with Gasteiger partial charge < -0.3 is 14.9 Å². The monoisotopic (exact) mass is 344 g/mol. The summed E-state index contributed by atoms with van der Waals surface area (Å²) >= 11 is 1.59. The second kappa shape index (κ2) is 6.65. The number of carbonyl (C=O) groups is 2. The number of amides is 2. The molecule has 5 nitrogen and oxygen atoms in total. The van der Waals surface area contributed by atoms with Gasteiger partial charge >= 0.3 is 0 Å². The summed E-state index contributed by atoms with van der Waals surface area (Å²) in [5.74, 6) is 0.127. The summed E-state index contributed by atoms with van der Waals surface area (Å²) < 4.78 is 0. The van der Waals surface area contributed by atoms with Crippen LogP contribution in [0.15, 0.2) is 29.6 Å². The molecule has 2 heterocycles. The second-order valence-corrected chi connectivity index (χ2v) is 7.05. The maximum Gasteiger partial charge on any atom is 0.255 e. The molecule has 1 aromatic carbocycles. The van der Waals surface area contributed by atoms with Gasteiger partial charge in [-0.2, -0.15) is 0 Å². The number of aryl methyl sites for hydroxylation is 1. The molecule has 1 fully saturated rings. The molecule has 126 valence electrons. The number of hydrogen-bond acceptors (Lipinski definition) is 4. The van der Waals surface area contributed by atoms with Crippen LogP contribution in [0.2, 0.25) is 0 Å². The van der Waals surface area contributed by atoms with Crippen LogP contribution in [0.5, 0.6) is 5.75 Å². The third kappa shape index (κ3) is 3.14. The van der Waals surface area contributed by atoms with Crippen molar-refractivity contribution in [3.8, 4) is 5.75 Å². The molecule has 0 atom stereocenters. The number of carbonyl (C=O) groups excluding carboxylic acids is 2. The highest BCUT2D eigenvalue weighted by Crippen LogP contribution is 2.22. The Labute approximate surface area is 145 Å². The fraction of sp³-hybridized carbons (Fsp3) is 0.333. The molecule has 1 saturated heterocycles. The van der Waals surface area contributed by atoms with E-state index in [1.54, 1.807) is 28.4 Å². The molecule has 0 radical (unpaired) electrons. The first-order chi connectivity index (χ1) is 11.5. The highest BCUT2D eigenvalue weighted by atomic mass is 32.1. The summed E-state index contributed by atoms with van der Waals surface area (Å²) in [5.41, 5.74) is 2.38. The fourth-order valence-corrected chi connectivity index (χ4v) is 3.65. The van der Waals surface area contributed by atoms with Gasteiger partial charge in [0.15, 0.2) is 0 Å². The fourth-order valence-electron chi connectivity index (χ4n) is 2.79. The summed E-state index contributed by atoms with van der Waals surface area (Å²) in [5, 5.41) is 11.2. The van der Waals surface area contributed by atoms with Crippen molar-refractivity contribution in [3.05, 3.63) is 51.2 Å². The lowest BCUT2D eigenvalue weighted by Crippen LogP contribution is -2.50. The number of thiophene rings is 1. The van der Waals surface area contributed by atoms with Crippen LogP contribution in [-0.2, 0) is 0 Å². The number of hydrogen-bond donors (Lipinski definition) is 1. The highest BCUT2D eigenvalue weighted by molar-refractivity contribution is 7.10. The van der Waals surface area contributed by atoms with Gasteiger partial charge in [0.2, 0.25) is 0 Å². The molecule has 0 bridgehead atoms. The lowest BCUT2D eigenvalue weighted by Gasteiger charge is -2.34. The Kier molecular flexibility index (Phi) is 4.57. The van der Waals surface area contributed by atoms with Crippen LogP contribution in [0.4, 0.5) is 0 Å². The molecule has 1 aliphatic heterocycles. The van der Waals surface area contributed by atoms with E-state index >= 15 is 0 Å². The van der Waals surface area contributed by atoms with Crippen LogP contribution < -0.4 is 0 Å². The molecule has 0 saturated carbocycles. The quantitative estimate of drug-likeness (QED) is 0.911. The van der Waals surface area contributed by atoms with E-state index in [2.05, 4.69) is 0 Å². The van der Waals surface area contributed by atoms with Crippen LogP contribution in [0, 0.1) is 13.8 Å². The third-order valence-corrected chi connectivity index (χ3v) is 5.50. The topological polar surface area (TPSA) is 60.9 Å². The maximum absolute atomic E-state index is 12.6. The number of benzene rings is 1. The minimum absolute atomic E-state index is 0.0496. The zero-order valence-corrected chi connectivity index (χ0v) is 14.6. The minimum atomic E-state index is -0.0651. The zero-order valence-electron chi connectivity index (χ0n) is 13.8. The van der Waals surface area contributed by atoms with E-state index in [1.807, 2.05) is 24.1 Å². The second-order valence-electron chi connectivity index (χ2n) is 5.96. The van der Waals surface area contributed by atoms with Crippen molar-refractivity contribution < 1.29 is 14.7 Å². The number of nitrogens with zero attached hydrogens (tertiary/aromatic N) is 2. The smallest absolute Gasteiger partial charge is 0.255 e. The predicted octanol–water partition coefficient (Wildman–Crippen LogP) is 2.67. The normalized spacial score (nSPS) is 14.8. The van der Waals surface area contributed by atoms with Gasteiger partial charge in [0.05, 0.1) is 5.56 Å². The van der Waals surface area contributed by atoms with Crippen molar-refractivity contribution in [2.24, 2.45) is 0 Å². The van der Waals surface area contributed by atoms with E-state index < -0.39 is 0 Å². The average molecular weight is 344 g/mol. The molecular formula is C18H20N2O3S. The van der Waals surface area contributed by atoms with Gasteiger partial charge in [-0.05, 0) is 43.7 Å². The molecule has 0 unspecified atom stereocenters. The first kappa shape index (κ1) is 16.5. The van der Waals surface area contributed by atoms with Crippen LogP contribution >= 0.6 is 11.3 Å². The van der Waals surface area contributed by atoms with E-state index in [9.17, 15) is 14.7 Å². The van der Waals surface area contributed by atoms with Crippen molar-refractivity contribution >= 4 is 23.2 Å². The summed E-state index contributed by atoms with van der Waals surface area (Å²) in [6.45, 7) is 6.11. The molecule has 3 rings (SSSR count). The molecule has 2 aromatic rings. The largest absolute Gasteiger partial charge is 0.508 e. The van der Waals surface area contributed by atoms with Crippen LogP contribution in [-0.4, -0.2) is 52.9 Å². The molecular weight excluding hydrogens is 324 g/mol. The SMILES string of the molecule is Cc1scc(C(=O)N2CCN(C(=O)c3ccc(O)cc3)CC2)c1C. The van der Waals surface area contributed by atoms with Gasteiger partial charge in [-0.3, -0.25) is 9.59 Å². The lowest BCUT2D eigenvalue weighted by atomic mass is 10.1. The predicted molar refractivity (Wildman–Crippen MR) is 93.7 cm³/mol. The van der Waals surface area contributed by atoms with E-state index in [4.69, 9.17) is 0 Å². The van der Waals surface area contributed by atoms with Crippen molar-refractivity contribution in [2.45, 2.75) is 13.8 Å². The summed E-state index contributed by atoms with van der Waals surface area (Å²) in [4.78, 5) is 29.8. The van der Waals surface area contributed by atoms with Gasteiger partial charge in [-0.25, -0.2) is 0 Å². The molecule has 0 spiro atoms. The maximum atomic E-state index is 12.6. The molecule has 1 aliphatic rings. The van der Waals surface area contributed by atoms with Crippen LogP contribution in [0.1, 0.15) is 31.2 Å². The molecule has 1 N–H and O–H groups in total. The number of piperazine rings is 1. The summed E-state index contributed by atoms with van der Waals surface area (Å²) in [6, 6.07) is 6.25. The van der Waals surface area contributed by atoms with Crippen molar-refractivity contribution in [1.82, 2.24) is 9.80 Å². The summed E-state index contributed by atoms with van der Waals surface area (Å²) in [6.07, 6.45) is 0. The van der Waals surface area contributed by atoms with E-state index in [0.29, 0.717) is 31.7 Å². The van der Waals surface area contributed by atoms with E-state index in [0.717, 1.165) is 11.1 Å². The molecule has 1 aromatic heterocycles. The van der Waals surface area contributed by atoms with Gasteiger partial charge in [-0.1, -0.05) is 0 Å². The number of aromatic hydroxyl groups is 1. The molecule has 6 heteroatoms. The lowest BCUT2D eigenvalue weighted by molar-refractivity contribution is 0.0535. The first-order valence-electron chi connectivity index (χ1n) is 7.89. The Morgan fingerprint density at radius 2 is 1.50 bits per heavy atom. The molecule has 2 amide bonds. The Morgan fingerprint density at radius 1 is 0.958 bits per heavy atom. The molecule has 24 heavy (non-hydrogen) atoms. The third-order valence-electron chi connectivity index (χ3n) is 4.48. The van der Waals surface area contributed by atoms with Gasteiger partial charge in [0.25, 0.3) is 11.8 Å². The van der Waals surface area contributed by atoms with Crippen molar-refractivity contribution in [1.29, 1.82) is 0 Å². The molecule has 0 aliphatic carbocycles. The van der Waals surface area contributed by atoms with Crippen LogP contribution in [0.3, 0.4) is 0 Å². The average Bonchev–Trinajstić information content (AvgIpc) is 2.94. The van der Waals surface area contributed by atoms with Crippen molar-refractivity contribution in [2.75, 3.05) is 26.2 Å².